The predicted molar refractivity (Wildman–Crippen MR) is 93.1 cm³/mol. The van der Waals surface area contributed by atoms with Gasteiger partial charge in [-0.2, -0.15) is 0 Å². The molecule has 5 rings (SSSR count). The van der Waals surface area contributed by atoms with Crippen LogP contribution in [-0.4, -0.2) is 37.8 Å². The first-order chi connectivity index (χ1) is 13.2. The molecule has 1 saturated heterocycles. The van der Waals surface area contributed by atoms with Crippen molar-refractivity contribution >= 4 is 11.6 Å². The van der Waals surface area contributed by atoms with Crippen molar-refractivity contribution in [2.45, 2.75) is 38.1 Å². The summed E-state index contributed by atoms with van der Waals surface area (Å²) in [6.45, 7) is 1.78. The summed E-state index contributed by atoms with van der Waals surface area (Å²) in [6, 6.07) is 2.32. The molecule has 0 unspecified atom stereocenters. The lowest BCUT2D eigenvalue weighted by Gasteiger charge is -2.44. The molecular weight excluding hydrogens is 368 g/mol. The number of ether oxygens (including phenoxy) is 2. The fourth-order valence-corrected chi connectivity index (χ4v) is 4.33. The maximum Gasteiger partial charge on any atom is 0.208 e. The smallest absolute Gasteiger partial charge is 0.208 e. The Kier molecular flexibility index (Phi) is 3.12. The number of ketones is 2. The van der Waals surface area contributed by atoms with Crippen molar-refractivity contribution in [2.24, 2.45) is 0 Å². The van der Waals surface area contributed by atoms with Gasteiger partial charge in [0.2, 0.25) is 17.3 Å². The summed E-state index contributed by atoms with van der Waals surface area (Å²) >= 11 is 0. The van der Waals surface area contributed by atoms with Gasteiger partial charge < -0.3 is 29.9 Å². The molecule has 0 radical (unpaired) electrons. The number of phenolic OH excluding ortho intramolecular Hbond substituents is 4. The summed E-state index contributed by atoms with van der Waals surface area (Å²) in [6.07, 6.45) is 1.59. The summed E-state index contributed by atoms with van der Waals surface area (Å²) in [4.78, 5) is 26.0. The standard InChI is InChI=1S/C20H16O8/c1-20-4-2-3-10(27-20)14-11(28-20)6-8-12(18(14)25)17(24)13-7(15(8)22)5-9(21)16(23)19(13)26/h5-6,10,21,23,25-26H,2-4H2,1H3/t10-,20+/m1/s1. The maximum absolute atomic E-state index is 13.0. The number of benzene rings is 2. The Morgan fingerprint density at radius 2 is 1.64 bits per heavy atom. The Morgan fingerprint density at radius 3 is 2.39 bits per heavy atom. The second-order valence-corrected chi connectivity index (χ2v) is 7.47. The average Bonchev–Trinajstić information content (AvgIpc) is 2.62. The number of hydrogen-bond acceptors (Lipinski definition) is 8. The lowest BCUT2D eigenvalue weighted by Crippen LogP contribution is -2.44. The molecule has 4 N–H and O–H groups in total. The van der Waals surface area contributed by atoms with Crippen LogP contribution < -0.4 is 4.74 Å². The SMILES string of the molecule is C[C@]12CCC[C@@H](O1)c1c(cc3c(c1O)C(=O)c1c(cc(O)c(O)c1O)C3=O)O2. The number of fused-ring (bicyclic) bond motifs is 6. The minimum Gasteiger partial charge on any atom is -0.507 e. The van der Waals surface area contributed by atoms with Crippen LogP contribution in [0.2, 0.25) is 0 Å². The molecule has 1 aliphatic carbocycles. The number of carbonyl (C=O) groups is 2. The van der Waals surface area contributed by atoms with Gasteiger partial charge in [0.05, 0.1) is 22.8 Å². The Bertz CT molecular complexity index is 1100. The molecule has 0 amide bonds. The topological polar surface area (TPSA) is 134 Å². The second kappa shape index (κ2) is 5.17. The van der Waals surface area contributed by atoms with Gasteiger partial charge in [-0.05, 0) is 25.0 Å². The van der Waals surface area contributed by atoms with Crippen molar-refractivity contribution in [1.29, 1.82) is 0 Å². The molecule has 0 saturated carbocycles. The molecule has 1 fully saturated rings. The lowest BCUT2D eigenvalue weighted by molar-refractivity contribution is -0.243. The predicted octanol–water partition coefficient (Wildman–Crippen LogP) is 2.63. The molecular formula is C20H16O8. The molecule has 2 aliphatic heterocycles. The van der Waals surface area contributed by atoms with Gasteiger partial charge >= 0.3 is 0 Å². The second-order valence-electron chi connectivity index (χ2n) is 7.47. The third-order valence-corrected chi connectivity index (χ3v) is 5.64. The number of aromatic hydroxyl groups is 4. The van der Waals surface area contributed by atoms with E-state index in [0.717, 1.165) is 12.5 Å². The van der Waals surface area contributed by atoms with Crippen LogP contribution in [-0.2, 0) is 4.74 Å². The van der Waals surface area contributed by atoms with Crippen molar-refractivity contribution in [3.63, 3.8) is 0 Å². The van der Waals surface area contributed by atoms with Gasteiger partial charge in [-0.15, -0.1) is 0 Å². The molecule has 2 atom stereocenters. The van der Waals surface area contributed by atoms with E-state index in [4.69, 9.17) is 9.47 Å². The normalized spacial score (nSPS) is 24.8. The van der Waals surface area contributed by atoms with E-state index < -0.39 is 52.0 Å². The summed E-state index contributed by atoms with van der Waals surface area (Å²) in [5.41, 5.74) is -0.805. The van der Waals surface area contributed by atoms with E-state index in [0.29, 0.717) is 18.4 Å². The van der Waals surface area contributed by atoms with Crippen LogP contribution in [0.25, 0.3) is 0 Å². The van der Waals surface area contributed by atoms with Gasteiger partial charge in [-0.25, -0.2) is 0 Å². The van der Waals surface area contributed by atoms with Crippen LogP contribution in [0.4, 0.5) is 0 Å². The highest BCUT2D eigenvalue weighted by molar-refractivity contribution is 6.31. The highest BCUT2D eigenvalue weighted by Crippen LogP contribution is 2.53. The number of hydrogen-bond donors (Lipinski definition) is 4. The molecule has 3 aliphatic rings. The van der Waals surface area contributed by atoms with Gasteiger partial charge in [-0.1, -0.05) is 0 Å². The van der Waals surface area contributed by atoms with Gasteiger partial charge in [0.1, 0.15) is 11.5 Å². The number of phenols is 4. The quantitative estimate of drug-likeness (QED) is 0.435. The molecule has 0 aromatic heterocycles. The summed E-state index contributed by atoms with van der Waals surface area (Å²) < 4.78 is 11.8. The van der Waals surface area contributed by atoms with E-state index in [1.54, 1.807) is 6.92 Å². The zero-order chi connectivity index (χ0) is 20.0. The summed E-state index contributed by atoms with van der Waals surface area (Å²) in [5, 5.41) is 40.5. The monoisotopic (exact) mass is 384 g/mol. The minimum atomic E-state index is -0.908. The van der Waals surface area contributed by atoms with E-state index >= 15 is 0 Å². The first-order valence-electron chi connectivity index (χ1n) is 8.86. The Balaban J connectivity index is 1.78. The molecule has 8 heteroatoms. The van der Waals surface area contributed by atoms with Crippen molar-refractivity contribution < 1.29 is 39.5 Å². The van der Waals surface area contributed by atoms with E-state index in [2.05, 4.69) is 0 Å². The largest absolute Gasteiger partial charge is 0.507 e. The average molecular weight is 384 g/mol. The fraction of sp³-hybridized carbons (Fsp3) is 0.300. The minimum absolute atomic E-state index is 0.0955. The molecule has 2 bridgehead atoms. The molecule has 0 spiro atoms. The first kappa shape index (κ1) is 16.9. The van der Waals surface area contributed by atoms with Crippen LogP contribution in [0.3, 0.4) is 0 Å². The zero-order valence-corrected chi connectivity index (χ0v) is 14.8. The van der Waals surface area contributed by atoms with E-state index in [1.165, 1.54) is 6.07 Å². The van der Waals surface area contributed by atoms with Gasteiger partial charge in [0, 0.05) is 24.5 Å². The van der Waals surface area contributed by atoms with Gasteiger partial charge in [-0.3, -0.25) is 9.59 Å². The molecule has 2 aromatic carbocycles. The number of rotatable bonds is 0. The van der Waals surface area contributed by atoms with Crippen molar-refractivity contribution in [2.75, 3.05) is 0 Å². The zero-order valence-electron chi connectivity index (χ0n) is 14.8. The van der Waals surface area contributed by atoms with Crippen LogP contribution in [0.1, 0.15) is 69.7 Å². The van der Waals surface area contributed by atoms with Crippen molar-refractivity contribution in [1.82, 2.24) is 0 Å². The number of carbonyl (C=O) groups excluding carboxylic acids is 2. The lowest BCUT2D eigenvalue weighted by atomic mass is 9.80. The Labute approximate surface area is 158 Å². The highest BCUT2D eigenvalue weighted by Gasteiger charge is 2.46. The molecule has 28 heavy (non-hydrogen) atoms. The molecule has 8 nitrogen and oxygen atoms in total. The van der Waals surface area contributed by atoms with Crippen molar-refractivity contribution in [3.8, 4) is 28.7 Å². The van der Waals surface area contributed by atoms with Crippen LogP contribution in [0.15, 0.2) is 12.1 Å². The first-order valence-corrected chi connectivity index (χ1v) is 8.86. The van der Waals surface area contributed by atoms with Crippen LogP contribution in [0, 0.1) is 0 Å². The Hall–Kier alpha value is -3.26. The van der Waals surface area contributed by atoms with E-state index in [9.17, 15) is 30.0 Å². The van der Waals surface area contributed by atoms with Crippen LogP contribution >= 0.6 is 0 Å². The van der Waals surface area contributed by atoms with E-state index in [-0.39, 0.29) is 22.4 Å². The van der Waals surface area contributed by atoms with Gasteiger partial charge in [0.15, 0.2) is 17.3 Å². The summed E-state index contributed by atoms with van der Waals surface area (Å²) in [5.74, 6) is -5.10. The van der Waals surface area contributed by atoms with E-state index in [1.807, 2.05) is 0 Å². The third-order valence-electron chi connectivity index (χ3n) is 5.64. The molecule has 2 aromatic rings. The fourth-order valence-electron chi connectivity index (χ4n) is 4.33. The maximum atomic E-state index is 13.0. The third kappa shape index (κ3) is 1.98. The Morgan fingerprint density at radius 1 is 0.964 bits per heavy atom. The van der Waals surface area contributed by atoms with Gasteiger partial charge in [0.25, 0.3) is 0 Å². The molecule has 144 valence electrons. The highest BCUT2D eigenvalue weighted by atomic mass is 16.7. The van der Waals surface area contributed by atoms with Crippen molar-refractivity contribution in [3.05, 3.63) is 39.9 Å². The molecule has 2 heterocycles. The van der Waals surface area contributed by atoms with Crippen LogP contribution in [0.5, 0.6) is 28.7 Å². The summed E-state index contributed by atoms with van der Waals surface area (Å²) in [7, 11) is 0.